The molecule has 0 saturated heterocycles. The Hall–Kier alpha value is -4.42. The van der Waals surface area contributed by atoms with Crippen LogP contribution < -0.4 is 20.7 Å². The molecule has 4 rings (SSSR count). The maximum absolute atomic E-state index is 13.5. The van der Waals surface area contributed by atoms with E-state index in [-0.39, 0.29) is 11.8 Å². The molecule has 3 N–H and O–H groups in total. The molecule has 0 aromatic heterocycles. The van der Waals surface area contributed by atoms with E-state index in [0.717, 1.165) is 53.9 Å². The summed E-state index contributed by atoms with van der Waals surface area (Å²) in [6.07, 6.45) is 1.98. The maximum atomic E-state index is 13.5. The van der Waals surface area contributed by atoms with E-state index < -0.39 is 6.04 Å². The van der Waals surface area contributed by atoms with Crippen LogP contribution >= 0.6 is 0 Å². The van der Waals surface area contributed by atoms with Crippen LogP contribution in [0.2, 0.25) is 0 Å². The summed E-state index contributed by atoms with van der Waals surface area (Å²) in [6.45, 7) is 1.94. The van der Waals surface area contributed by atoms with Crippen molar-refractivity contribution in [2.45, 2.75) is 31.8 Å². The van der Waals surface area contributed by atoms with Crippen LogP contribution in [0.1, 0.15) is 34.3 Å². The van der Waals surface area contributed by atoms with Gasteiger partial charge in [-0.15, -0.1) is 0 Å². The highest BCUT2D eigenvalue weighted by Gasteiger charge is 2.22. The van der Waals surface area contributed by atoms with Crippen molar-refractivity contribution in [1.82, 2.24) is 16.0 Å². The van der Waals surface area contributed by atoms with Gasteiger partial charge in [-0.3, -0.25) is 9.59 Å². The third-order valence-electron chi connectivity index (χ3n) is 6.77. The molecule has 0 spiro atoms. The summed E-state index contributed by atoms with van der Waals surface area (Å²) in [5, 5.41) is 9.48. The van der Waals surface area contributed by atoms with Gasteiger partial charge < -0.3 is 20.7 Å². The first-order valence-corrected chi connectivity index (χ1v) is 13.7. The number of amides is 2. The topological polar surface area (TPSA) is 79.5 Å². The fraction of sp³-hybridized carbons (Fsp3) is 0.235. The SMILES string of the molecule is COc1ccc(CNCCC[C@H](NC(=O)c2ccccc2-c2ccccc2)C(=O)NCCc2ccccc2)cc1. The van der Waals surface area contributed by atoms with E-state index in [1.807, 2.05) is 103 Å². The van der Waals surface area contributed by atoms with Crippen molar-refractivity contribution >= 4 is 11.8 Å². The second kappa shape index (κ2) is 15.2. The molecule has 40 heavy (non-hydrogen) atoms. The molecule has 0 unspecified atom stereocenters. The van der Waals surface area contributed by atoms with Crippen molar-refractivity contribution in [3.8, 4) is 16.9 Å². The number of hydrogen-bond acceptors (Lipinski definition) is 4. The standard InChI is InChI=1S/C34H37N3O3/c1-40-29-20-18-27(19-21-29)25-35-23-10-17-32(34(39)36-24-22-26-11-4-2-5-12-26)37-33(38)31-16-9-8-15-30(31)28-13-6-3-7-14-28/h2-9,11-16,18-21,32,35H,10,17,22-25H2,1H3,(H,36,39)(H,37,38)/t32-/m0/s1. The Morgan fingerprint density at radius 3 is 2.15 bits per heavy atom. The lowest BCUT2D eigenvalue weighted by Crippen LogP contribution is -2.47. The molecule has 4 aromatic rings. The normalized spacial score (nSPS) is 11.4. The second-order valence-corrected chi connectivity index (χ2v) is 9.63. The van der Waals surface area contributed by atoms with Crippen LogP contribution in [0, 0.1) is 0 Å². The van der Waals surface area contributed by atoms with Gasteiger partial charge in [-0.2, -0.15) is 0 Å². The zero-order valence-corrected chi connectivity index (χ0v) is 22.9. The van der Waals surface area contributed by atoms with E-state index in [2.05, 4.69) is 16.0 Å². The fourth-order valence-corrected chi connectivity index (χ4v) is 4.56. The summed E-state index contributed by atoms with van der Waals surface area (Å²) in [4.78, 5) is 26.7. The molecular weight excluding hydrogens is 498 g/mol. The van der Waals surface area contributed by atoms with Crippen LogP contribution in [0.5, 0.6) is 5.75 Å². The van der Waals surface area contributed by atoms with E-state index in [0.29, 0.717) is 18.5 Å². The average Bonchev–Trinajstić information content (AvgIpc) is 3.01. The van der Waals surface area contributed by atoms with Gasteiger partial charge in [0.2, 0.25) is 5.91 Å². The van der Waals surface area contributed by atoms with Gasteiger partial charge in [0.1, 0.15) is 11.8 Å². The third-order valence-corrected chi connectivity index (χ3v) is 6.77. The molecular formula is C34H37N3O3. The van der Waals surface area contributed by atoms with E-state index in [1.165, 1.54) is 0 Å². The Kier molecular flexibility index (Phi) is 10.9. The van der Waals surface area contributed by atoms with Crippen molar-refractivity contribution in [3.05, 3.63) is 126 Å². The Morgan fingerprint density at radius 2 is 1.43 bits per heavy atom. The van der Waals surface area contributed by atoms with Crippen LogP contribution in [0.3, 0.4) is 0 Å². The first kappa shape index (κ1) is 28.6. The molecule has 6 heteroatoms. The first-order valence-electron chi connectivity index (χ1n) is 13.7. The molecule has 0 aliphatic carbocycles. The van der Waals surface area contributed by atoms with Crippen LogP contribution in [0.4, 0.5) is 0 Å². The summed E-state index contributed by atoms with van der Waals surface area (Å²) >= 11 is 0. The van der Waals surface area contributed by atoms with Gasteiger partial charge in [-0.05, 0) is 66.3 Å². The minimum absolute atomic E-state index is 0.170. The summed E-state index contributed by atoms with van der Waals surface area (Å²) in [5.41, 5.74) is 4.66. The highest BCUT2D eigenvalue weighted by molar-refractivity contribution is 6.02. The smallest absolute Gasteiger partial charge is 0.252 e. The van der Waals surface area contributed by atoms with Gasteiger partial charge in [0.25, 0.3) is 5.91 Å². The van der Waals surface area contributed by atoms with Gasteiger partial charge in [-0.1, -0.05) is 91.0 Å². The minimum Gasteiger partial charge on any atom is -0.497 e. The quantitative estimate of drug-likeness (QED) is 0.189. The Balaban J connectivity index is 1.37. The lowest BCUT2D eigenvalue weighted by molar-refractivity contribution is -0.123. The Labute approximate surface area is 236 Å². The summed E-state index contributed by atoms with van der Waals surface area (Å²) < 4.78 is 5.22. The molecule has 206 valence electrons. The second-order valence-electron chi connectivity index (χ2n) is 9.63. The van der Waals surface area contributed by atoms with Crippen molar-refractivity contribution < 1.29 is 14.3 Å². The number of carbonyl (C=O) groups is 2. The zero-order valence-electron chi connectivity index (χ0n) is 22.9. The van der Waals surface area contributed by atoms with Crippen LogP contribution in [-0.2, 0) is 17.8 Å². The van der Waals surface area contributed by atoms with Gasteiger partial charge in [0.05, 0.1) is 7.11 Å². The van der Waals surface area contributed by atoms with E-state index >= 15 is 0 Å². The molecule has 0 bridgehead atoms. The lowest BCUT2D eigenvalue weighted by atomic mass is 9.98. The molecule has 6 nitrogen and oxygen atoms in total. The van der Waals surface area contributed by atoms with Crippen LogP contribution in [0.15, 0.2) is 109 Å². The molecule has 0 radical (unpaired) electrons. The molecule has 0 aliphatic heterocycles. The number of ether oxygens (including phenoxy) is 1. The molecule has 4 aromatic carbocycles. The molecule has 2 amide bonds. The van der Waals surface area contributed by atoms with Crippen molar-refractivity contribution in [2.75, 3.05) is 20.2 Å². The van der Waals surface area contributed by atoms with Gasteiger partial charge in [-0.25, -0.2) is 0 Å². The highest BCUT2D eigenvalue weighted by Crippen LogP contribution is 2.23. The highest BCUT2D eigenvalue weighted by atomic mass is 16.5. The Bertz CT molecular complexity index is 1340. The predicted octanol–water partition coefficient (Wildman–Crippen LogP) is 5.39. The number of rotatable bonds is 14. The molecule has 0 heterocycles. The number of methoxy groups -OCH3 is 1. The number of carbonyl (C=O) groups excluding carboxylic acids is 2. The third kappa shape index (κ3) is 8.55. The zero-order chi connectivity index (χ0) is 28.0. The lowest BCUT2D eigenvalue weighted by Gasteiger charge is -2.20. The monoisotopic (exact) mass is 535 g/mol. The fourth-order valence-electron chi connectivity index (χ4n) is 4.56. The summed E-state index contributed by atoms with van der Waals surface area (Å²) in [5.74, 6) is 0.403. The summed E-state index contributed by atoms with van der Waals surface area (Å²) in [7, 11) is 1.65. The van der Waals surface area contributed by atoms with Crippen molar-refractivity contribution in [2.24, 2.45) is 0 Å². The largest absolute Gasteiger partial charge is 0.497 e. The number of nitrogens with one attached hydrogen (secondary N) is 3. The first-order chi connectivity index (χ1) is 19.6. The van der Waals surface area contributed by atoms with E-state index in [4.69, 9.17) is 4.74 Å². The molecule has 0 fully saturated rings. The minimum atomic E-state index is -0.644. The van der Waals surface area contributed by atoms with Crippen LogP contribution in [0.25, 0.3) is 11.1 Å². The van der Waals surface area contributed by atoms with E-state index in [9.17, 15) is 9.59 Å². The van der Waals surface area contributed by atoms with Gasteiger partial charge >= 0.3 is 0 Å². The number of benzene rings is 4. The Morgan fingerprint density at radius 1 is 0.750 bits per heavy atom. The molecule has 0 saturated carbocycles. The van der Waals surface area contributed by atoms with Crippen molar-refractivity contribution in [1.29, 1.82) is 0 Å². The molecule has 1 atom stereocenters. The van der Waals surface area contributed by atoms with E-state index in [1.54, 1.807) is 13.2 Å². The molecule has 0 aliphatic rings. The van der Waals surface area contributed by atoms with Crippen molar-refractivity contribution in [3.63, 3.8) is 0 Å². The average molecular weight is 536 g/mol. The number of hydrogen-bond donors (Lipinski definition) is 3. The van der Waals surface area contributed by atoms with Crippen LogP contribution in [-0.4, -0.2) is 38.1 Å². The maximum Gasteiger partial charge on any atom is 0.252 e. The summed E-state index contributed by atoms with van der Waals surface area (Å²) in [6, 6.07) is 34.6. The van der Waals surface area contributed by atoms with Gasteiger partial charge in [0, 0.05) is 18.7 Å². The predicted molar refractivity (Wildman–Crippen MR) is 160 cm³/mol. The van der Waals surface area contributed by atoms with Gasteiger partial charge in [0.15, 0.2) is 0 Å².